The molecule has 0 radical (unpaired) electrons. The Hall–Kier alpha value is -2.74. The Morgan fingerprint density at radius 1 is 1.29 bits per heavy atom. The van der Waals surface area contributed by atoms with Gasteiger partial charge in [-0.25, -0.2) is 0 Å². The first-order valence-corrected chi connectivity index (χ1v) is 11.6. The summed E-state index contributed by atoms with van der Waals surface area (Å²) in [6.45, 7) is 4.89. The smallest absolute Gasteiger partial charge is 0.230 e. The number of amides is 2. The first-order valence-electron chi connectivity index (χ1n) is 10.6. The molecular weight excluding hydrogens is 412 g/mol. The largest absolute Gasteiger partial charge is 0.361 e. The number of hydrogen-bond donors (Lipinski definition) is 1. The molecule has 1 aliphatic rings. The lowest BCUT2D eigenvalue weighted by molar-refractivity contribution is -0.131. The van der Waals surface area contributed by atoms with Crippen LogP contribution in [-0.4, -0.2) is 44.8 Å². The Bertz CT molecular complexity index is 1080. The van der Waals surface area contributed by atoms with Crippen LogP contribution >= 0.6 is 11.8 Å². The molecule has 0 aliphatic carbocycles. The van der Waals surface area contributed by atoms with Gasteiger partial charge in [0.25, 0.3) is 0 Å². The van der Waals surface area contributed by atoms with Crippen LogP contribution in [0.2, 0.25) is 0 Å². The highest BCUT2D eigenvalue weighted by Gasteiger charge is 2.25. The highest BCUT2D eigenvalue weighted by molar-refractivity contribution is 8.00. The molecule has 8 heteroatoms. The lowest BCUT2D eigenvalue weighted by Gasteiger charge is -2.21. The fraction of sp³-hybridized carbons (Fsp3) is 0.435. The third-order valence-corrected chi connectivity index (χ3v) is 6.96. The molecule has 31 heavy (non-hydrogen) atoms. The van der Waals surface area contributed by atoms with Crippen LogP contribution in [0.3, 0.4) is 0 Å². The molecule has 2 amide bonds. The van der Waals surface area contributed by atoms with Gasteiger partial charge in [0, 0.05) is 53.6 Å². The number of fused-ring (bicyclic) bond motifs is 1. The summed E-state index contributed by atoms with van der Waals surface area (Å²) in [6, 6.07) is 8.21. The molecule has 1 aromatic carbocycles. The van der Waals surface area contributed by atoms with E-state index in [0.29, 0.717) is 31.7 Å². The van der Waals surface area contributed by atoms with Gasteiger partial charge in [0.2, 0.25) is 11.8 Å². The molecule has 0 saturated carbocycles. The molecule has 1 saturated heterocycles. The van der Waals surface area contributed by atoms with Gasteiger partial charge in [0.15, 0.2) is 0 Å². The summed E-state index contributed by atoms with van der Waals surface area (Å²) in [7, 11) is 2.02. The van der Waals surface area contributed by atoms with Gasteiger partial charge in [-0.1, -0.05) is 23.4 Å². The van der Waals surface area contributed by atoms with Gasteiger partial charge < -0.3 is 19.3 Å². The molecule has 1 aliphatic heterocycles. The second-order valence-electron chi connectivity index (χ2n) is 8.12. The molecule has 4 rings (SSSR count). The van der Waals surface area contributed by atoms with Crippen molar-refractivity contribution in [1.29, 1.82) is 0 Å². The van der Waals surface area contributed by atoms with Gasteiger partial charge in [-0.2, -0.15) is 0 Å². The second-order valence-corrected chi connectivity index (χ2v) is 9.14. The average molecular weight is 441 g/mol. The number of nitrogens with one attached hydrogen (secondary N) is 1. The summed E-state index contributed by atoms with van der Waals surface area (Å²) < 4.78 is 7.30. The lowest BCUT2D eigenvalue weighted by Crippen LogP contribution is -2.36. The number of hydrogen-bond acceptors (Lipinski definition) is 5. The van der Waals surface area contributed by atoms with Crippen LogP contribution in [0.5, 0.6) is 0 Å². The van der Waals surface area contributed by atoms with Crippen molar-refractivity contribution in [1.82, 2.24) is 19.9 Å². The zero-order chi connectivity index (χ0) is 22.0. The highest BCUT2D eigenvalue weighted by Crippen LogP contribution is 2.29. The molecule has 7 nitrogen and oxygen atoms in total. The fourth-order valence-electron chi connectivity index (χ4n) is 4.10. The van der Waals surface area contributed by atoms with Crippen LogP contribution in [0.25, 0.3) is 10.9 Å². The molecule has 0 bridgehead atoms. The van der Waals surface area contributed by atoms with Crippen molar-refractivity contribution in [3.8, 4) is 0 Å². The maximum Gasteiger partial charge on any atom is 0.230 e. The van der Waals surface area contributed by atoms with E-state index < -0.39 is 0 Å². The topological polar surface area (TPSA) is 80.4 Å². The third-order valence-electron chi connectivity index (χ3n) is 5.92. The van der Waals surface area contributed by atoms with Gasteiger partial charge >= 0.3 is 0 Å². The molecule has 0 spiro atoms. The number of benzene rings is 1. The number of carbonyl (C=O) groups is 2. The second kappa shape index (κ2) is 9.18. The minimum atomic E-state index is 0.00885. The van der Waals surface area contributed by atoms with Crippen LogP contribution in [0.15, 0.2) is 39.9 Å². The van der Waals surface area contributed by atoms with E-state index in [0.717, 1.165) is 39.2 Å². The number of carbonyl (C=O) groups excluding carboxylic acids is 2. The van der Waals surface area contributed by atoms with E-state index in [2.05, 4.69) is 33.4 Å². The molecule has 2 aromatic heterocycles. The van der Waals surface area contributed by atoms with Crippen molar-refractivity contribution < 1.29 is 14.1 Å². The van der Waals surface area contributed by atoms with Crippen molar-refractivity contribution in [3.63, 3.8) is 0 Å². The Labute approximate surface area is 186 Å². The third kappa shape index (κ3) is 4.79. The van der Waals surface area contributed by atoms with Crippen molar-refractivity contribution in [3.05, 3.63) is 47.5 Å². The van der Waals surface area contributed by atoms with Gasteiger partial charge in [0.05, 0.1) is 18.0 Å². The van der Waals surface area contributed by atoms with Gasteiger partial charge in [0.1, 0.15) is 5.76 Å². The number of para-hydroxylation sites is 1. The van der Waals surface area contributed by atoms with Crippen molar-refractivity contribution >= 4 is 34.5 Å². The number of nitrogens with zero attached hydrogens (tertiary/aromatic N) is 3. The fourth-order valence-corrected chi connectivity index (χ4v) is 5.03. The van der Waals surface area contributed by atoms with Crippen LogP contribution in [-0.2, 0) is 23.2 Å². The van der Waals surface area contributed by atoms with Crippen LogP contribution in [0, 0.1) is 13.8 Å². The summed E-state index contributed by atoms with van der Waals surface area (Å²) in [5.41, 5.74) is 2.96. The Balaban J connectivity index is 1.31. The Kier molecular flexibility index (Phi) is 6.36. The Morgan fingerprint density at radius 2 is 2.10 bits per heavy atom. The standard InChI is InChI=1S/C23H28N4O3S/c1-15-19(16(2)30-25-15)12-27-11-10-17(8-9-23(27)29)24-22(28)14-31-21-13-26(3)20-7-5-4-6-18(20)21/h4-7,13,17H,8-12,14H2,1-3H3,(H,24,28). The molecular formula is C23H28N4O3S. The number of likely N-dealkylation sites (tertiary alicyclic amines) is 1. The average Bonchev–Trinajstić information content (AvgIpc) is 3.19. The summed E-state index contributed by atoms with van der Waals surface area (Å²) in [6.07, 6.45) is 3.92. The molecule has 1 fully saturated rings. The Morgan fingerprint density at radius 3 is 2.87 bits per heavy atom. The first-order chi connectivity index (χ1) is 14.9. The molecule has 164 valence electrons. The summed E-state index contributed by atoms with van der Waals surface area (Å²) in [5.74, 6) is 1.24. The molecule has 1 N–H and O–H groups in total. The summed E-state index contributed by atoms with van der Waals surface area (Å²) in [5, 5.41) is 8.27. The summed E-state index contributed by atoms with van der Waals surface area (Å²) in [4.78, 5) is 28.1. The van der Waals surface area contributed by atoms with Gasteiger partial charge in [-0.05, 0) is 32.8 Å². The van der Waals surface area contributed by atoms with E-state index in [4.69, 9.17) is 4.52 Å². The monoisotopic (exact) mass is 440 g/mol. The number of rotatable bonds is 6. The van der Waals surface area contributed by atoms with Crippen LogP contribution in [0.1, 0.15) is 36.3 Å². The number of aryl methyl sites for hydroxylation is 3. The van der Waals surface area contributed by atoms with Gasteiger partial charge in [-0.3, -0.25) is 9.59 Å². The molecule has 1 unspecified atom stereocenters. The lowest BCUT2D eigenvalue weighted by atomic mass is 10.1. The predicted molar refractivity (Wildman–Crippen MR) is 121 cm³/mol. The van der Waals surface area contributed by atoms with Crippen molar-refractivity contribution in [2.45, 2.75) is 50.6 Å². The molecule has 3 heterocycles. The molecule has 3 aromatic rings. The van der Waals surface area contributed by atoms with Crippen LogP contribution < -0.4 is 5.32 Å². The highest BCUT2D eigenvalue weighted by atomic mass is 32.2. The SMILES string of the molecule is Cc1noc(C)c1CN1CCC(NC(=O)CSc2cn(C)c3ccccc23)CCC1=O. The summed E-state index contributed by atoms with van der Waals surface area (Å²) >= 11 is 1.55. The first kappa shape index (κ1) is 21.5. The zero-order valence-electron chi connectivity index (χ0n) is 18.2. The van der Waals surface area contributed by atoms with Crippen LogP contribution in [0.4, 0.5) is 0 Å². The van der Waals surface area contributed by atoms with E-state index >= 15 is 0 Å². The van der Waals surface area contributed by atoms with E-state index in [-0.39, 0.29) is 17.9 Å². The van der Waals surface area contributed by atoms with Crippen molar-refractivity contribution in [2.24, 2.45) is 7.05 Å². The number of aromatic nitrogens is 2. The number of thioether (sulfide) groups is 1. The molecule has 1 atom stereocenters. The normalized spacial score (nSPS) is 17.2. The maximum absolute atomic E-state index is 12.6. The zero-order valence-corrected chi connectivity index (χ0v) is 19.0. The van der Waals surface area contributed by atoms with Crippen molar-refractivity contribution in [2.75, 3.05) is 12.3 Å². The maximum atomic E-state index is 12.6. The van der Waals surface area contributed by atoms with E-state index in [1.807, 2.05) is 37.9 Å². The quantitative estimate of drug-likeness (QED) is 0.593. The van der Waals surface area contributed by atoms with E-state index in [9.17, 15) is 9.59 Å². The van der Waals surface area contributed by atoms with Gasteiger partial charge in [-0.15, -0.1) is 11.8 Å². The minimum Gasteiger partial charge on any atom is -0.361 e. The minimum absolute atomic E-state index is 0.00885. The predicted octanol–water partition coefficient (Wildman–Crippen LogP) is 3.57. The van der Waals surface area contributed by atoms with E-state index in [1.54, 1.807) is 11.8 Å². The van der Waals surface area contributed by atoms with E-state index in [1.165, 1.54) is 0 Å².